The molecule has 0 aromatic rings. The molecule has 0 bridgehead atoms. The van der Waals surface area contributed by atoms with Crippen LogP contribution in [0.3, 0.4) is 0 Å². The second kappa shape index (κ2) is 33.7. The molecule has 8 nitrogen and oxygen atoms in total. The van der Waals surface area contributed by atoms with E-state index in [1.165, 1.54) is 116 Å². The zero-order chi connectivity index (χ0) is 34.0. The molecule has 0 amide bonds. The van der Waals surface area contributed by atoms with Crippen molar-refractivity contribution in [2.24, 2.45) is 0 Å². The number of ether oxygens (including phenoxy) is 6. The lowest BCUT2D eigenvalue weighted by Gasteiger charge is -2.23. The maximum Gasteiger partial charge on any atom is 0.305 e. The lowest BCUT2D eigenvalue weighted by Crippen LogP contribution is -2.39. The van der Waals surface area contributed by atoms with Crippen LogP contribution in [-0.2, 0) is 33.2 Å². The SMILES string of the molecule is CCCCCCCCCCCCOCCO[C@@H]1[C@@H](OCCOCCCCCCCCCCCC)CO[C@@H]1COC(=O)CCCN(C)C. The van der Waals surface area contributed by atoms with Crippen molar-refractivity contribution in [3.63, 3.8) is 0 Å². The molecule has 1 aliphatic rings. The van der Waals surface area contributed by atoms with Crippen molar-refractivity contribution < 1.29 is 33.2 Å². The van der Waals surface area contributed by atoms with E-state index in [2.05, 4.69) is 18.7 Å². The van der Waals surface area contributed by atoms with Gasteiger partial charge in [0.05, 0.1) is 33.0 Å². The van der Waals surface area contributed by atoms with Gasteiger partial charge >= 0.3 is 5.97 Å². The summed E-state index contributed by atoms with van der Waals surface area (Å²) >= 11 is 0. The molecular weight excluding hydrogens is 594 g/mol. The van der Waals surface area contributed by atoms with Crippen molar-refractivity contribution in [2.45, 2.75) is 173 Å². The van der Waals surface area contributed by atoms with E-state index in [1.807, 2.05) is 14.1 Å². The van der Waals surface area contributed by atoms with E-state index in [4.69, 9.17) is 28.4 Å². The van der Waals surface area contributed by atoms with Crippen LogP contribution >= 0.6 is 0 Å². The van der Waals surface area contributed by atoms with E-state index in [9.17, 15) is 4.79 Å². The molecule has 47 heavy (non-hydrogen) atoms. The van der Waals surface area contributed by atoms with Gasteiger partial charge in [-0.1, -0.05) is 129 Å². The third-order valence-electron chi connectivity index (χ3n) is 8.98. The summed E-state index contributed by atoms with van der Waals surface area (Å²) < 4.78 is 35.7. The summed E-state index contributed by atoms with van der Waals surface area (Å²) in [5.74, 6) is -0.196. The molecule has 1 aliphatic heterocycles. The average Bonchev–Trinajstić information content (AvgIpc) is 3.45. The largest absolute Gasteiger partial charge is 0.463 e. The van der Waals surface area contributed by atoms with Gasteiger partial charge in [-0.3, -0.25) is 4.79 Å². The van der Waals surface area contributed by atoms with Crippen LogP contribution in [0.25, 0.3) is 0 Å². The van der Waals surface area contributed by atoms with Crippen molar-refractivity contribution in [3.8, 4) is 0 Å². The quantitative estimate of drug-likeness (QED) is 0.0483. The van der Waals surface area contributed by atoms with Crippen molar-refractivity contribution in [1.82, 2.24) is 4.90 Å². The zero-order valence-electron chi connectivity index (χ0n) is 31.5. The Balaban J connectivity index is 2.23. The lowest BCUT2D eigenvalue weighted by molar-refractivity contribution is -0.150. The summed E-state index contributed by atoms with van der Waals surface area (Å²) in [6, 6.07) is 0. The lowest BCUT2D eigenvalue weighted by atomic mass is 10.1. The van der Waals surface area contributed by atoms with Crippen molar-refractivity contribution >= 4 is 5.97 Å². The second-order valence-electron chi connectivity index (χ2n) is 13.8. The third kappa shape index (κ3) is 27.7. The Hall–Kier alpha value is -0.770. The summed E-state index contributed by atoms with van der Waals surface area (Å²) in [6.45, 7) is 9.62. The van der Waals surface area contributed by atoms with Crippen molar-refractivity contribution in [2.75, 3.05) is 73.5 Å². The number of hydrogen-bond acceptors (Lipinski definition) is 8. The molecule has 0 radical (unpaired) electrons. The Morgan fingerprint density at radius 3 is 1.55 bits per heavy atom. The van der Waals surface area contributed by atoms with Gasteiger partial charge in [0, 0.05) is 19.6 Å². The van der Waals surface area contributed by atoms with Crippen LogP contribution in [-0.4, -0.2) is 103 Å². The van der Waals surface area contributed by atoms with Crippen LogP contribution in [0.1, 0.15) is 155 Å². The monoisotopic (exact) mass is 672 g/mol. The number of hydrogen-bond donors (Lipinski definition) is 0. The van der Waals surface area contributed by atoms with E-state index in [1.54, 1.807) is 0 Å². The molecule has 0 saturated carbocycles. The summed E-state index contributed by atoms with van der Waals surface area (Å²) in [5.41, 5.74) is 0. The Labute approximate surface area is 290 Å². The van der Waals surface area contributed by atoms with Gasteiger partial charge in [-0.05, 0) is 39.9 Å². The number of nitrogens with zero attached hydrogens (tertiary/aromatic N) is 1. The van der Waals surface area contributed by atoms with E-state index in [0.29, 0.717) is 39.5 Å². The van der Waals surface area contributed by atoms with Gasteiger partial charge < -0.3 is 33.3 Å². The molecule has 1 saturated heterocycles. The molecule has 1 heterocycles. The summed E-state index contributed by atoms with van der Waals surface area (Å²) in [7, 11) is 4.01. The van der Waals surface area contributed by atoms with Crippen molar-refractivity contribution in [1.29, 1.82) is 0 Å². The summed E-state index contributed by atoms with van der Waals surface area (Å²) in [6.07, 6.45) is 26.7. The van der Waals surface area contributed by atoms with Gasteiger partial charge in [-0.2, -0.15) is 0 Å². The minimum atomic E-state index is -0.340. The number of carbonyl (C=O) groups excluding carboxylic acids is 1. The fourth-order valence-electron chi connectivity index (χ4n) is 6.02. The maximum atomic E-state index is 12.3. The van der Waals surface area contributed by atoms with Crippen LogP contribution in [0.2, 0.25) is 0 Å². The molecule has 0 unspecified atom stereocenters. The fraction of sp³-hybridized carbons (Fsp3) is 0.974. The Morgan fingerprint density at radius 2 is 1.06 bits per heavy atom. The normalized spacial score (nSPS) is 18.0. The minimum absolute atomic E-state index is 0.181. The average molecular weight is 672 g/mol. The predicted octanol–water partition coefficient (Wildman–Crippen LogP) is 8.92. The van der Waals surface area contributed by atoms with E-state index in [0.717, 1.165) is 39.0 Å². The number of rotatable bonds is 36. The van der Waals surface area contributed by atoms with Gasteiger partial charge in [0.2, 0.25) is 0 Å². The fourth-order valence-corrected chi connectivity index (χ4v) is 6.02. The Kier molecular flexibility index (Phi) is 31.7. The summed E-state index contributed by atoms with van der Waals surface area (Å²) in [5, 5.41) is 0. The van der Waals surface area contributed by atoms with E-state index >= 15 is 0 Å². The van der Waals surface area contributed by atoms with Gasteiger partial charge in [0.25, 0.3) is 0 Å². The van der Waals surface area contributed by atoms with Crippen LogP contribution in [0, 0.1) is 0 Å². The second-order valence-corrected chi connectivity index (χ2v) is 13.8. The van der Waals surface area contributed by atoms with Crippen LogP contribution < -0.4 is 0 Å². The van der Waals surface area contributed by atoms with Gasteiger partial charge in [0.1, 0.15) is 24.9 Å². The third-order valence-corrected chi connectivity index (χ3v) is 8.98. The van der Waals surface area contributed by atoms with Crippen LogP contribution in [0.15, 0.2) is 0 Å². The van der Waals surface area contributed by atoms with Gasteiger partial charge in [0.15, 0.2) is 0 Å². The highest BCUT2D eigenvalue weighted by Crippen LogP contribution is 2.22. The number of unbranched alkanes of at least 4 members (excludes halogenated alkanes) is 18. The van der Waals surface area contributed by atoms with Gasteiger partial charge in [-0.25, -0.2) is 0 Å². The molecule has 1 rings (SSSR count). The van der Waals surface area contributed by atoms with Gasteiger partial charge in [-0.15, -0.1) is 0 Å². The Bertz CT molecular complexity index is 665. The molecule has 0 aromatic carbocycles. The first-order chi connectivity index (χ1) is 23.1. The van der Waals surface area contributed by atoms with E-state index in [-0.39, 0.29) is 30.9 Å². The molecule has 1 fully saturated rings. The molecule has 0 aliphatic carbocycles. The molecule has 3 atom stereocenters. The highest BCUT2D eigenvalue weighted by atomic mass is 16.6. The molecule has 0 spiro atoms. The summed E-state index contributed by atoms with van der Waals surface area (Å²) in [4.78, 5) is 14.3. The van der Waals surface area contributed by atoms with E-state index < -0.39 is 0 Å². The molecule has 280 valence electrons. The van der Waals surface area contributed by atoms with Crippen LogP contribution in [0.4, 0.5) is 0 Å². The first kappa shape index (κ1) is 44.3. The van der Waals surface area contributed by atoms with Crippen LogP contribution in [0.5, 0.6) is 0 Å². The smallest absolute Gasteiger partial charge is 0.305 e. The number of esters is 1. The maximum absolute atomic E-state index is 12.3. The highest BCUT2D eigenvalue weighted by molar-refractivity contribution is 5.69. The standard InChI is InChI=1S/C39H77NO7/c1-5-7-9-11-13-15-17-19-21-23-28-42-30-32-44-36-34-46-37(35-47-38(41)26-25-27-40(3)4)39(36)45-33-31-43-29-24-22-20-18-16-14-12-10-8-6-2/h36-37,39H,5-35H2,1-4H3/t36-,37+,39+/m0/s1. The van der Waals surface area contributed by atoms with Crippen molar-refractivity contribution in [3.05, 3.63) is 0 Å². The molecular formula is C39H77NO7. The predicted molar refractivity (Wildman–Crippen MR) is 193 cm³/mol. The zero-order valence-corrected chi connectivity index (χ0v) is 31.5. The topological polar surface area (TPSA) is 75.7 Å². The molecule has 8 heteroatoms. The molecule has 0 N–H and O–H groups in total. The first-order valence-corrected chi connectivity index (χ1v) is 19.9. The minimum Gasteiger partial charge on any atom is -0.463 e. The number of carbonyl (C=O) groups is 1. The first-order valence-electron chi connectivity index (χ1n) is 19.9. The highest BCUT2D eigenvalue weighted by Gasteiger charge is 2.39. The molecule has 0 aromatic heterocycles. The Morgan fingerprint density at radius 1 is 0.596 bits per heavy atom.